The lowest BCUT2D eigenvalue weighted by atomic mass is 10.2. The van der Waals surface area contributed by atoms with Crippen LogP contribution < -0.4 is 0 Å². The molecule has 0 unspecified atom stereocenters. The zero-order valence-electron chi connectivity index (χ0n) is 12.2. The van der Waals surface area contributed by atoms with Crippen molar-refractivity contribution in [2.45, 2.75) is 12.2 Å². The molecule has 8 heteroatoms. The normalized spacial score (nSPS) is 14.3. The number of aromatic amines is 2. The van der Waals surface area contributed by atoms with Gasteiger partial charge in [0.2, 0.25) is 0 Å². The molecule has 0 fully saturated rings. The van der Waals surface area contributed by atoms with Crippen molar-refractivity contribution in [1.82, 2.24) is 19.9 Å². The maximum Gasteiger partial charge on any atom is 0.145 e. The highest BCUT2D eigenvalue weighted by Gasteiger charge is 2.26. The van der Waals surface area contributed by atoms with Crippen LogP contribution in [-0.4, -0.2) is 30.1 Å². The van der Waals surface area contributed by atoms with Gasteiger partial charge in [-0.3, -0.25) is 0 Å². The van der Waals surface area contributed by atoms with Crippen molar-refractivity contribution in [3.8, 4) is 0 Å². The number of benzene rings is 2. The van der Waals surface area contributed by atoms with Gasteiger partial charge in [0.05, 0.1) is 22.1 Å². The molecule has 4 aromatic rings. The molecule has 0 saturated heterocycles. The van der Waals surface area contributed by atoms with Crippen LogP contribution in [0.15, 0.2) is 36.4 Å². The summed E-state index contributed by atoms with van der Waals surface area (Å²) in [5.74, 6) is 0.469. The molecule has 0 aliphatic carbocycles. The van der Waals surface area contributed by atoms with E-state index in [9.17, 15) is 10.2 Å². The van der Waals surface area contributed by atoms with Crippen molar-refractivity contribution < 1.29 is 10.2 Å². The second kappa shape index (κ2) is 5.75. The number of halogens is 2. The van der Waals surface area contributed by atoms with Crippen LogP contribution in [0.2, 0.25) is 10.0 Å². The maximum absolute atomic E-state index is 10.4. The summed E-state index contributed by atoms with van der Waals surface area (Å²) in [5, 5.41) is 22.0. The monoisotopic (exact) mass is 362 g/mol. The van der Waals surface area contributed by atoms with Crippen LogP contribution in [0.1, 0.15) is 23.9 Å². The average molecular weight is 363 g/mol. The third-order valence-corrected chi connectivity index (χ3v) is 4.25. The molecule has 2 heterocycles. The van der Waals surface area contributed by atoms with Crippen molar-refractivity contribution in [2.75, 3.05) is 0 Å². The molecule has 0 radical (unpaired) electrons. The number of nitrogens with zero attached hydrogens (tertiary/aromatic N) is 2. The lowest BCUT2D eigenvalue weighted by Gasteiger charge is -2.13. The summed E-state index contributed by atoms with van der Waals surface area (Å²) in [5.41, 5.74) is 2.66. The van der Waals surface area contributed by atoms with Gasteiger partial charge in [-0.05, 0) is 36.4 Å². The molecule has 4 N–H and O–H groups in total. The Kier molecular flexibility index (Phi) is 3.69. The number of hydrogen-bond acceptors (Lipinski definition) is 4. The standard InChI is InChI=1S/C16H12Cl2N4O2/c17-7-1-3-9-11(5-7)21-15(19-9)13(23)14(24)16-20-10-4-2-8(18)6-12(10)22-16/h1-6,13-14,23-24H,(H,19,21)(H,20,22)/t13-,14+. The molecule has 0 amide bonds. The highest BCUT2D eigenvalue weighted by Crippen LogP contribution is 2.29. The Hall–Kier alpha value is -2.12. The Balaban J connectivity index is 1.69. The Morgan fingerprint density at radius 2 is 1.17 bits per heavy atom. The average Bonchev–Trinajstić information content (AvgIpc) is 3.16. The van der Waals surface area contributed by atoms with Crippen molar-refractivity contribution >= 4 is 45.3 Å². The molecule has 0 bridgehead atoms. The number of nitrogens with one attached hydrogen (secondary N) is 2. The number of aliphatic hydroxyl groups excluding tert-OH is 2. The van der Waals surface area contributed by atoms with E-state index in [1.165, 1.54) is 0 Å². The van der Waals surface area contributed by atoms with Crippen LogP contribution in [0.3, 0.4) is 0 Å². The number of fused-ring (bicyclic) bond motifs is 2. The van der Waals surface area contributed by atoms with E-state index in [0.717, 1.165) is 0 Å². The van der Waals surface area contributed by atoms with Crippen molar-refractivity contribution in [1.29, 1.82) is 0 Å². The van der Waals surface area contributed by atoms with Crippen LogP contribution in [0.25, 0.3) is 22.1 Å². The maximum atomic E-state index is 10.4. The first-order valence-electron chi connectivity index (χ1n) is 7.18. The fraction of sp³-hybridized carbons (Fsp3) is 0.125. The van der Waals surface area contributed by atoms with Gasteiger partial charge in [-0.25, -0.2) is 9.97 Å². The lowest BCUT2D eigenvalue weighted by molar-refractivity contribution is 0.00780. The number of aromatic nitrogens is 4. The number of aliphatic hydroxyl groups is 2. The van der Waals surface area contributed by atoms with Gasteiger partial charge in [-0.1, -0.05) is 23.2 Å². The van der Waals surface area contributed by atoms with E-state index >= 15 is 0 Å². The zero-order valence-corrected chi connectivity index (χ0v) is 13.7. The Morgan fingerprint density at radius 3 is 1.58 bits per heavy atom. The summed E-state index contributed by atoms with van der Waals surface area (Å²) >= 11 is 11.9. The lowest BCUT2D eigenvalue weighted by Crippen LogP contribution is -2.13. The van der Waals surface area contributed by atoms with E-state index in [4.69, 9.17) is 23.2 Å². The summed E-state index contributed by atoms with van der Waals surface area (Å²) in [6.45, 7) is 0. The van der Waals surface area contributed by atoms with Gasteiger partial charge in [-0.2, -0.15) is 0 Å². The third kappa shape index (κ3) is 2.63. The predicted octanol–water partition coefficient (Wildman–Crippen LogP) is 3.51. The second-order valence-corrected chi connectivity index (χ2v) is 6.33. The van der Waals surface area contributed by atoms with E-state index in [-0.39, 0.29) is 11.6 Å². The predicted molar refractivity (Wildman–Crippen MR) is 92.1 cm³/mol. The number of hydrogen-bond donors (Lipinski definition) is 4. The molecule has 6 nitrogen and oxygen atoms in total. The number of H-pyrrole nitrogens is 2. The summed E-state index contributed by atoms with van der Waals surface area (Å²) < 4.78 is 0. The topological polar surface area (TPSA) is 97.8 Å². The molecule has 0 saturated carbocycles. The molecular weight excluding hydrogens is 351 g/mol. The minimum Gasteiger partial charge on any atom is -0.382 e. The second-order valence-electron chi connectivity index (χ2n) is 5.46. The van der Waals surface area contributed by atoms with E-state index in [2.05, 4.69) is 19.9 Å². The Morgan fingerprint density at radius 1 is 0.750 bits per heavy atom. The van der Waals surface area contributed by atoms with Gasteiger partial charge in [0.1, 0.15) is 23.9 Å². The molecule has 0 aliphatic heterocycles. The largest absolute Gasteiger partial charge is 0.382 e. The zero-order chi connectivity index (χ0) is 16.8. The highest BCUT2D eigenvalue weighted by atomic mass is 35.5. The quantitative estimate of drug-likeness (QED) is 0.448. The van der Waals surface area contributed by atoms with E-state index < -0.39 is 12.2 Å². The van der Waals surface area contributed by atoms with Gasteiger partial charge in [0.15, 0.2) is 0 Å². The van der Waals surface area contributed by atoms with Crippen molar-refractivity contribution in [2.24, 2.45) is 0 Å². The van der Waals surface area contributed by atoms with Crippen LogP contribution in [0.5, 0.6) is 0 Å². The SMILES string of the molecule is O[C@H](c1nc2ccc(Cl)cc2[nH]1)[C@@H](O)c1nc2ccc(Cl)cc2[nH]1. The first-order valence-corrected chi connectivity index (χ1v) is 7.93. The van der Waals surface area contributed by atoms with Gasteiger partial charge in [0, 0.05) is 10.0 Å². The first kappa shape index (κ1) is 15.4. The molecule has 2 atom stereocenters. The number of imidazole rings is 2. The highest BCUT2D eigenvalue weighted by molar-refractivity contribution is 6.31. The van der Waals surface area contributed by atoms with Crippen LogP contribution in [0, 0.1) is 0 Å². The third-order valence-electron chi connectivity index (χ3n) is 3.78. The van der Waals surface area contributed by atoms with E-state index in [0.29, 0.717) is 32.1 Å². The smallest absolute Gasteiger partial charge is 0.145 e. The van der Waals surface area contributed by atoms with E-state index in [1.807, 2.05) is 0 Å². The molecule has 4 rings (SSSR count). The van der Waals surface area contributed by atoms with Gasteiger partial charge >= 0.3 is 0 Å². The number of rotatable bonds is 3. The molecule has 2 aromatic heterocycles. The Labute approximate surface area is 146 Å². The Bertz CT molecular complexity index is 959. The fourth-order valence-corrected chi connectivity index (χ4v) is 2.93. The van der Waals surface area contributed by atoms with Crippen LogP contribution in [0.4, 0.5) is 0 Å². The van der Waals surface area contributed by atoms with Gasteiger partial charge in [-0.15, -0.1) is 0 Å². The molecule has 2 aromatic carbocycles. The summed E-state index contributed by atoms with van der Waals surface area (Å²) in [6, 6.07) is 10.3. The molecule has 0 aliphatic rings. The summed E-state index contributed by atoms with van der Waals surface area (Å²) in [4.78, 5) is 14.5. The van der Waals surface area contributed by atoms with Gasteiger partial charge < -0.3 is 20.2 Å². The van der Waals surface area contributed by atoms with Crippen LogP contribution in [-0.2, 0) is 0 Å². The minimum atomic E-state index is -1.27. The minimum absolute atomic E-state index is 0.234. The van der Waals surface area contributed by atoms with Crippen LogP contribution >= 0.6 is 23.2 Å². The summed E-state index contributed by atoms with van der Waals surface area (Å²) in [6.07, 6.45) is -2.54. The molecule has 0 spiro atoms. The van der Waals surface area contributed by atoms with E-state index in [1.54, 1.807) is 36.4 Å². The fourth-order valence-electron chi connectivity index (χ4n) is 2.58. The van der Waals surface area contributed by atoms with Crippen molar-refractivity contribution in [3.05, 3.63) is 58.1 Å². The van der Waals surface area contributed by atoms with Crippen molar-refractivity contribution in [3.63, 3.8) is 0 Å². The van der Waals surface area contributed by atoms with Gasteiger partial charge in [0.25, 0.3) is 0 Å². The molecular formula is C16H12Cl2N4O2. The summed E-state index contributed by atoms with van der Waals surface area (Å²) in [7, 11) is 0. The first-order chi connectivity index (χ1) is 11.5. The molecule has 122 valence electrons. The molecule has 24 heavy (non-hydrogen) atoms.